The Hall–Kier alpha value is -1.98. The maximum atomic E-state index is 5.69. The van der Waals surface area contributed by atoms with E-state index < -0.39 is 0 Å². The Kier molecular flexibility index (Phi) is 5.03. The molecule has 0 saturated carbocycles. The topological polar surface area (TPSA) is 73.1 Å². The molecule has 1 unspecified atom stereocenters. The van der Waals surface area contributed by atoms with Crippen molar-refractivity contribution in [3.63, 3.8) is 0 Å². The highest BCUT2D eigenvalue weighted by Crippen LogP contribution is 2.23. The van der Waals surface area contributed by atoms with Gasteiger partial charge in [0.15, 0.2) is 0 Å². The molecule has 0 aliphatic carbocycles. The lowest BCUT2D eigenvalue weighted by Crippen LogP contribution is -2.29. The fourth-order valence-corrected chi connectivity index (χ4v) is 2.01. The highest BCUT2D eigenvalue weighted by atomic mass is 16.5. The first-order valence-electron chi connectivity index (χ1n) is 6.70. The van der Waals surface area contributed by atoms with Crippen molar-refractivity contribution in [3.05, 3.63) is 53.6 Å². The van der Waals surface area contributed by atoms with Gasteiger partial charge in [0, 0.05) is 18.6 Å². The lowest BCUT2D eigenvalue weighted by Gasteiger charge is -2.17. The Morgan fingerprint density at radius 2 is 1.85 bits per heavy atom. The molecule has 5 heteroatoms. The third kappa shape index (κ3) is 3.53. The smallest absolute Gasteiger partial charge is 0.137 e. The van der Waals surface area contributed by atoms with Gasteiger partial charge in [-0.3, -0.25) is 15.8 Å². The number of hydrogen-bond donors (Lipinski definition) is 2. The minimum atomic E-state index is -0.153. The molecule has 0 amide bonds. The number of nitrogens with two attached hydrogens (primary N) is 1. The summed E-state index contributed by atoms with van der Waals surface area (Å²) in [6.45, 7) is 4.75. The molecule has 1 atom stereocenters. The molecule has 2 aromatic heterocycles. The van der Waals surface area contributed by atoms with Gasteiger partial charge in [-0.05, 0) is 36.1 Å². The molecule has 2 rings (SSSR count). The summed E-state index contributed by atoms with van der Waals surface area (Å²) < 4.78 is 5.60. The molecule has 2 aromatic rings. The highest BCUT2D eigenvalue weighted by Gasteiger charge is 2.14. The Morgan fingerprint density at radius 1 is 1.15 bits per heavy atom. The van der Waals surface area contributed by atoms with Crippen molar-refractivity contribution in [1.29, 1.82) is 0 Å². The number of nitrogens with zero attached hydrogens (tertiary/aromatic N) is 2. The molecular formula is C15H20N4O. The van der Waals surface area contributed by atoms with Gasteiger partial charge in [0.1, 0.15) is 5.75 Å². The van der Waals surface area contributed by atoms with Gasteiger partial charge in [0.2, 0.25) is 0 Å². The van der Waals surface area contributed by atoms with Crippen LogP contribution < -0.4 is 16.0 Å². The monoisotopic (exact) mass is 272 g/mol. The summed E-state index contributed by atoms with van der Waals surface area (Å²) in [5.74, 6) is 6.45. The second-order valence-corrected chi connectivity index (χ2v) is 4.70. The number of aryl methyl sites for hydroxylation is 1. The summed E-state index contributed by atoms with van der Waals surface area (Å²) in [4.78, 5) is 8.42. The van der Waals surface area contributed by atoms with Crippen LogP contribution in [0.5, 0.6) is 5.75 Å². The summed E-state index contributed by atoms with van der Waals surface area (Å²) in [5.41, 5.74) is 5.86. The van der Waals surface area contributed by atoms with Crippen LogP contribution in [-0.4, -0.2) is 16.6 Å². The molecule has 0 aliphatic rings. The number of hydrazine groups is 1. The van der Waals surface area contributed by atoms with Crippen LogP contribution in [0.3, 0.4) is 0 Å². The Labute approximate surface area is 119 Å². The number of aromatic nitrogens is 2. The molecule has 2 heterocycles. The van der Waals surface area contributed by atoms with E-state index in [1.165, 1.54) is 0 Å². The maximum Gasteiger partial charge on any atom is 0.137 e. The number of ether oxygens (including phenoxy) is 1. The zero-order chi connectivity index (χ0) is 14.4. The van der Waals surface area contributed by atoms with Crippen LogP contribution in [0.1, 0.15) is 36.1 Å². The largest absolute Gasteiger partial charge is 0.492 e. The van der Waals surface area contributed by atoms with Crippen LogP contribution in [0.4, 0.5) is 0 Å². The van der Waals surface area contributed by atoms with E-state index in [0.717, 1.165) is 28.9 Å². The lowest BCUT2D eigenvalue weighted by atomic mass is 10.0. The molecule has 0 fully saturated rings. The minimum Gasteiger partial charge on any atom is -0.492 e. The van der Waals surface area contributed by atoms with Gasteiger partial charge in [0.25, 0.3) is 0 Å². The van der Waals surface area contributed by atoms with Gasteiger partial charge in [-0.1, -0.05) is 13.0 Å². The summed E-state index contributed by atoms with van der Waals surface area (Å²) in [6.07, 6.45) is 8.07. The second kappa shape index (κ2) is 6.98. The van der Waals surface area contributed by atoms with E-state index >= 15 is 0 Å². The average Bonchev–Trinajstić information content (AvgIpc) is 2.46. The van der Waals surface area contributed by atoms with E-state index in [1.807, 2.05) is 19.2 Å². The van der Waals surface area contributed by atoms with E-state index in [4.69, 9.17) is 10.6 Å². The van der Waals surface area contributed by atoms with Crippen molar-refractivity contribution < 1.29 is 4.74 Å². The highest BCUT2D eigenvalue weighted by molar-refractivity contribution is 5.33. The molecular weight excluding hydrogens is 252 g/mol. The lowest BCUT2D eigenvalue weighted by molar-refractivity contribution is 0.315. The first kappa shape index (κ1) is 14.4. The number of hydrogen-bond acceptors (Lipinski definition) is 5. The number of pyridine rings is 2. The normalized spacial score (nSPS) is 12.2. The van der Waals surface area contributed by atoms with Crippen LogP contribution in [-0.2, 0) is 0 Å². The molecule has 0 radical (unpaired) electrons. The fourth-order valence-electron chi connectivity index (χ4n) is 2.01. The summed E-state index contributed by atoms with van der Waals surface area (Å²) in [5, 5.41) is 0. The van der Waals surface area contributed by atoms with Gasteiger partial charge < -0.3 is 4.74 Å². The summed E-state index contributed by atoms with van der Waals surface area (Å²) in [7, 11) is 0. The Balaban J connectivity index is 2.27. The standard InChI is InChI=1S/C15H20N4O/c1-3-4-20-14-6-13(9-18-10-14)15(19-16)12-5-11(2)7-17-8-12/h5-10,15,19H,3-4,16H2,1-2H3. The first-order valence-corrected chi connectivity index (χ1v) is 6.70. The van der Waals surface area contributed by atoms with E-state index in [2.05, 4.69) is 28.4 Å². The second-order valence-electron chi connectivity index (χ2n) is 4.70. The van der Waals surface area contributed by atoms with Crippen LogP contribution in [0.25, 0.3) is 0 Å². The van der Waals surface area contributed by atoms with Gasteiger partial charge in [-0.15, -0.1) is 0 Å². The summed E-state index contributed by atoms with van der Waals surface area (Å²) in [6, 6.07) is 3.85. The molecule has 5 nitrogen and oxygen atoms in total. The molecule has 0 aliphatic heterocycles. The van der Waals surface area contributed by atoms with Crippen molar-refractivity contribution >= 4 is 0 Å². The zero-order valence-electron chi connectivity index (χ0n) is 11.8. The predicted molar refractivity (Wildman–Crippen MR) is 78.2 cm³/mol. The van der Waals surface area contributed by atoms with Gasteiger partial charge in [-0.25, -0.2) is 5.43 Å². The van der Waals surface area contributed by atoms with E-state index in [1.54, 1.807) is 18.6 Å². The van der Waals surface area contributed by atoms with E-state index in [-0.39, 0.29) is 6.04 Å². The molecule has 0 saturated heterocycles. The molecule has 106 valence electrons. The molecule has 0 aromatic carbocycles. The third-order valence-electron chi connectivity index (χ3n) is 2.94. The summed E-state index contributed by atoms with van der Waals surface area (Å²) >= 11 is 0. The van der Waals surface area contributed by atoms with Crippen LogP contribution in [0, 0.1) is 6.92 Å². The number of nitrogens with one attached hydrogen (secondary N) is 1. The molecule has 0 bridgehead atoms. The molecule has 3 N–H and O–H groups in total. The number of rotatable bonds is 6. The first-order chi connectivity index (χ1) is 9.74. The van der Waals surface area contributed by atoms with Crippen molar-refractivity contribution in [2.75, 3.05) is 6.61 Å². The van der Waals surface area contributed by atoms with Crippen LogP contribution in [0.15, 0.2) is 36.9 Å². The van der Waals surface area contributed by atoms with Crippen molar-refractivity contribution in [1.82, 2.24) is 15.4 Å². The van der Waals surface area contributed by atoms with Crippen LogP contribution >= 0.6 is 0 Å². The zero-order valence-corrected chi connectivity index (χ0v) is 11.8. The minimum absolute atomic E-state index is 0.153. The SMILES string of the molecule is CCCOc1cncc(C(NN)c2cncc(C)c2)c1. The average molecular weight is 272 g/mol. The maximum absolute atomic E-state index is 5.69. The molecule has 0 spiro atoms. The molecule has 20 heavy (non-hydrogen) atoms. The van der Waals surface area contributed by atoms with Crippen molar-refractivity contribution in [2.45, 2.75) is 26.3 Å². The van der Waals surface area contributed by atoms with Crippen LogP contribution in [0.2, 0.25) is 0 Å². The van der Waals surface area contributed by atoms with Crippen molar-refractivity contribution in [2.24, 2.45) is 5.84 Å². The van der Waals surface area contributed by atoms with Gasteiger partial charge in [-0.2, -0.15) is 0 Å². The quantitative estimate of drug-likeness (QED) is 0.622. The van der Waals surface area contributed by atoms with Gasteiger partial charge >= 0.3 is 0 Å². The van der Waals surface area contributed by atoms with E-state index in [0.29, 0.717) is 6.61 Å². The Morgan fingerprint density at radius 3 is 2.50 bits per heavy atom. The van der Waals surface area contributed by atoms with E-state index in [9.17, 15) is 0 Å². The predicted octanol–water partition coefficient (Wildman–Crippen LogP) is 2.13. The van der Waals surface area contributed by atoms with Crippen molar-refractivity contribution in [3.8, 4) is 5.75 Å². The Bertz CT molecular complexity index is 559. The third-order valence-corrected chi connectivity index (χ3v) is 2.94. The van der Waals surface area contributed by atoms with Gasteiger partial charge in [0.05, 0.1) is 18.8 Å². The fraction of sp³-hybridized carbons (Fsp3) is 0.333.